The van der Waals surface area contributed by atoms with Crippen molar-refractivity contribution in [3.8, 4) is 5.75 Å². The summed E-state index contributed by atoms with van der Waals surface area (Å²) in [6, 6.07) is 4.26. The molecule has 0 bridgehead atoms. The molecule has 0 atom stereocenters. The van der Waals surface area contributed by atoms with Gasteiger partial charge < -0.3 is 14.8 Å². The monoisotopic (exact) mass is 263 g/mol. The number of hydrogen-bond acceptors (Lipinski definition) is 3. The van der Waals surface area contributed by atoms with E-state index in [0.717, 1.165) is 30.6 Å². The number of carbonyl (C=O) groups excluding carboxylic acids is 1. The summed E-state index contributed by atoms with van der Waals surface area (Å²) >= 11 is 0. The first-order valence-corrected chi connectivity index (χ1v) is 6.76. The quantitative estimate of drug-likeness (QED) is 0.630. The van der Waals surface area contributed by atoms with Crippen LogP contribution in [0.25, 0.3) is 0 Å². The summed E-state index contributed by atoms with van der Waals surface area (Å²) in [4.78, 5) is 10.4. The second-order valence-electron chi connectivity index (χ2n) is 5.77. The molecular weight excluding hydrogens is 238 g/mol. The molecular formula is C16H25NO2. The zero-order valence-electron chi connectivity index (χ0n) is 12.7. The van der Waals surface area contributed by atoms with Gasteiger partial charge in [-0.25, -0.2) is 0 Å². The number of nitrogens with one attached hydrogen (secondary N) is 1. The van der Waals surface area contributed by atoms with Gasteiger partial charge in [-0.05, 0) is 36.0 Å². The number of aryl methyl sites for hydroxylation is 1. The number of aldehydes is 1. The molecule has 106 valence electrons. The second-order valence-corrected chi connectivity index (χ2v) is 5.77. The minimum absolute atomic E-state index is 0.0400. The van der Waals surface area contributed by atoms with E-state index in [4.69, 9.17) is 4.74 Å². The topological polar surface area (TPSA) is 38.3 Å². The standard InChI is InChI=1S/C16H25NO2/c1-16(2,3)13-11-14(17-4)12(8-6-7-9-18)10-15(13)19-5/h9-11,17H,6-8H2,1-5H3. The van der Waals surface area contributed by atoms with Crippen LogP contribution in [0.3, 0.4) is 0 Å². The first-order chi connectivity index (χ1) is 8.93. The second kappa shape index (κ2) is 6.60. The molecule has 3 nitrogen and oxygen atoms in total. The molecule has 0 saturated heterocycles. The minimum Gasteiger partial charge on any atom is -0.496 e. The summed E-state index contributed by atoms with van der Waals surface area (Å²) in [6.45, 7) is 6.53. The van der Waals surface area contributed by atoms with Crippen LogP contribution in [0.15, 0.2) is 12.1 Å². The average molecular weight is 263 g/mol. The predicted octanol–water partition coefficient (Wildman–Crippen LogP) is 3.56. The fourth-order valence-electron chi connectivity index (χ4n) is 2.19. The lowest BCUT2D eigenvalue weighted by molar-refractivity contribution is -0.107. The molecule has 1 aromatic carbocycles. The van der Waals surface area contributed by atoms with Crippen LogP contribution in [-0.4, -0.2) is 20.4 Å². The fraction of sp³-hybridized carbons (Fsp3) is 0.562. The highest BCUT2D eigenvalue weighted by Gasteiger charge is 2.20. The summed E-state index contributed by atoms with van der Waals surface area (Å²) in [7, 11) is 3.64. The molecule has 0 radical (unpaired) electrons. The smallest absolute Gasteiger partial charge is 0.123 e. The Morgan fingerprint density at radius 3 is 2.47 bits per heavy atom. The summed E-state index contributed by atoms with van der Waals surface area (Å²) in [6.07, 6.45) is 3.33. The van der Waals surface area contributed by atoms with E-state index in [-0.39, 0.29) is 5.41 Å². The van der Waals surface area contributed by atoms with Crippen molar-refractivity contribution in [2.75, 3.05) is 19.5 Å². The Morgan fingerprint density at radius 1 is 1.32 bits per heavy atom. The molecule has 0 amide bonds. The number of unbranched alkanes of at least 4 members (excludes halogenated alkanes) is 1. The van der Waals surface area contributed by atoms with Gasteiger partial charge in [-0.15, -0.1) is 0 Å². The van der Waals surface area contributed by atoms with Crippen molar-refractivity contribution < 1.29 is 9.53 Å². The van der Waals surface area contributed by atoms with Crippen molar-refractivity contribution in [3.05, 3.63) is 23.3 Å². The van der Waals surface area contributed by atoms with Crippen LogP contribution >= 0.6 is 0 Å². The van der Waals surface area contributed by atoms with Crippen LogP contribution in [0.4, 0.5) is 5.69 Å². The van der Waals surface area contributed by atoms with E-state index in [1.165, 1.54) is 11.1 Å². The summed E-state index contributed by atoms with van der Waals surface area (Å²) in [5.74, 6) is 0.924. The number of methoxy groups -OCH3 is 1. The Hall–Kier alpha value is -1.51. The van der Waals surface area contributed by atoms with Gasteiger partial charge >= 0.3 is 0 Å². The van der Waals surface area contributed by atoms with E-state index in [1.807, 2.05) is 7.05 Å². The third kappa shape index (κ3) is 3.98. The van der Waals surface area contributed by atoms with Gasteiger partial charge in [0.1, 0.15) is 12.0 Å². The van der Waals surface area contributed by atoms with Crippen molar-refractivity contribution in [1.29, 1.82) is 0 Å². The Morgan fingerprint density at radius 2 is 2.00 bits per heavy atom. The molecule has 1 aromatic rings. The van der Waals surface area contributed by atoms with Gasteiger partial charge in [0.05, 0.1) is 7.11 Å². The van der Waals surface area contributed by atoms with E-state index in [1.54, 1.807) is 7.11 Å². The van der Waals surface area contributed by atoms with Gasteiger partial charge in [0.2, 0.25) is 0 Å². The molecule has 3 heteroatoms. The number of benzene rings is 1. The number of carbonyl (C=O) groups is 1. The summed E-state index contributed by atoms with van der Waals surface area (Å²) in [5, 5.41) is 3.24. The average Bonchev–Trinajstić information content (AvgIpc) is 2.37. The minimum atomic E-state index is 0.0400. The molecule has 1 rings (SSSR count). The lowest BCUT2D eigenvalue weighted by Gasteiger charge is -2.24. The molecule has 0 aliphatic carbocycles. The Balaban J connectivity index is 3.15. The molecule has 0 fully saturated rings. The Bertz CT molecular complexity index is 433. The van der Waals surface area contributed by atoms with Crippen LogP contribution in [0.1, 0.15) is 44.7 Å². The SMILES string of the molecule is CNc1cc(C(C)(C)C)c(OC)cc1CCCC=O. The number of hydrogen-bond donors (Lipinski definition) is 1. The zero-order valence-corrected chi connectivity index (χ0v) is 12.7. The molecule has 0 aliphatic heterocycles. The Labute approximate surface area is 116 Å². The lowest BCUT2D eigenvalue weighted by atomic mass is 9.84. The predicted molar refractivity (Wildman–Crippen MR) is 80.2 cm³/mol. The Kier molecular flexibility index (Phi) is 5.40. The van der Waals surface area contributed by atoms with Crippen molar-refractivity contribution in [2.24, 2.45) is 0 Å². The van der Waals surface area contributed by atoms with E-state index in [2.05, 4.69) is 38.2 Å². The van der Waals surface area contributed by atoms with E-state index in [0.29, 0.717) is 6.42 Å². The van der Waals surface area contributed by atoms with E-state index < -0.39 is 0 Å². The molecule has 0 unspecified atom stereocenters. The highest BCUT2D eigenvalue weighted by molar-refractivity contribution is 5.59. The van der Waals surface area contributed by atoms with Crippen LogP contribution < -0.4 is 10.1 Å². The van der Waals surface area contributed by atoms with Crippen molar-refractivity contribution in [2.45, 2.75) is 45.4 Å². The molecule has 0 saturated carbocycles. The van der Waals surface area contributed by atoms with Crippen LogP contribution in [0, 0.1) is 0 Å². The third-order valence-corrected chi connectivity index (χ3v) is 3.27. The zero-order chi connectivity index (χ0) is 14.5. The molecule has 0 aliphatic rings. The molecule has 19 heavy (non-hydrogen) atoms. The number of anilines is 1. The maximum absolute atomic E-state index is 10.4. The van der Waals surface area contributed by atoms with Gasteiger partial charge in [-0.3, -0.25) is 0 Å². The van der Waals surface area contributed by atoms with E-state index in [9.17, 15) is 4.79 Å². The van der Waals surface area contributed by atoms with Crippen LogP contribution in [-0.2, 0) is 16.6 Å². The van der Waals surface area contributed by atoms with Crippen molar-refractivity contribution in [3.63, 3.8) is 0 Å². The van der Waals surface area contributed by atoms with Crippen LogP contribution in [0.5, 0.6) is 5.75 Å². The lowest BCUT2D eigenvalue weighted by Crippen LogP contribution is -2.14. The van der Waals surface area contributed by atoms with Gasteiger partial charge in [-0.2, -0.15) is 0 Å². The van der Waals surface area contributed by atoms with Gasteiger partial charge in [0, 0.05) is 24.7 Å². The molecule has 1 N–H and O–H groups in total. The summed E-state index contributed by atoms with van der Waals surface area (Å²) in [5.41, 5.74) is 3.56. The van der Waals surface area contributed by atoms with Gasteiger partial charge in [0.25, 0.3) is 0 Å². The van der Waals surface area contributed by atoms with E-state index >= 15 is 0 Å². The molecule has 0 aromatic heterocycles. The maximum Gasteiger partial charge on any atom is 0.123 e. The first-order valence-electron chi connectivity index (χ1n) is 6.76. The highest BCUT2D eigenvalue weighted by Crippen LogP contribution is 2.36. The third-order valence-electron chi connectivity index (χ3n) is 3.27. The summed E-state index contributed by atoms with van der Waals surface area (Å²) < 4.78 is 5.52. The van der Waals surface area contributed by atoms with Crippen molar-refractivity contribution in [1.82, 2.24) is 0 Å². The van der Waals surface area contributed by atoms with Crippen LogP contribution in [0.2, 0.25) is 0 Å². The molecule has 0 spiro atoms. The number of rotatable bonds is 6. The van der Waals surface area contributed by atoms with Gasteiger partial charge in [-0.1, -0.05) is 20.8 Å². The normalized spacial score (nSPS) is 11.2. The fourth-order valence-corrected chi connectivity index (χ4v) is 2.19. The number of ether oxygens (including phenoxy) is 1. The largest absolute Gasteiger partial charge is 0.496 e. The van der Waals surface area contributed by atoms with Gasteiger partial charge in [0.15, 0.2) is 0 Å². The molecule has 0 heterocycles. The maximum atomic E-state index is 10.4. The first kappa shape index (κ1) is 15.5. The highest BCUT2D eigenvalue weighted by atomic mass is 16.5. The van der Waals surface area contributed by atoms with Crippen molar-refractivity contribution >= 4 is 12.0 Å².